The summed E-state index contributed by atoms with van der Waals surface area (Å²) < 4.78 is 5.49. The van der Waals surface area contributed by atoms with Crippen molar-refractivity contribution in [2.75, 3.05) is 6.61 Å². The molecule has 1 aromatic carbocycles. The molecule has 0 unspecified atom stereocenters. The Morgan fingerprint density at radius 1 is 1.50 bits per heavy atom. The number of aryl methyl sites for hydroxylation is 1. The van der Waals surface area contributed by atoms with Gasteiger partial charge in [0.15, 0.2) is 0 Å². The minimum atomic E-state index is -0.427. The Morgan fingerprint density at radius 3 is 2.56 bits per heavy atom. The van der Waals surface area contributed by atoms with Crippen molar-refractivity contribution in [2.24, 2.45) is 5.73 Å². The van der Waals surface area contributed by atoms with Crippen LogP contribution in [-0.2, 0) is 0 Å². The van der Waals surface area contributed by atoms with E-state index in [4.69, 9.17) is 10.5 Å². The number of hydrogen-bond donors (Lipinski definition) is 1. The summed E-state index contributed by atoms with van der Waals surface area (Å²) in [6.07, 6.45) is 0. The van der Waals surface area contributed by atoms with E-state index in [-0.39, 0.29) is 5.69 Å². The molecule has 0 aromatic heterocycles. The van der Waals surface area contributed by atoms with Crippen LogP contribution < -0.4 is 10.5 Å². The first kappa shape index (κ1) is 12.4. The number of nitrogens with two attached hydrogens (primary N) is 1. The summed E-state index contributed by atoms with van der Waals surface area (Å²) in [5.74, 6) is 0.629. The summed E-state index contributed by atoms with van der Waals surface area (Å²) in [4.78, 5) is 10.1. The summed E-state index contributed by atoms with van der Waals surface area (Å²) in [5, 5.41) is 10.5. The highest BCUT2D eigenvalue weighted by Crippen LogP contribution is 2.23. The van der Waals surface area contributed by atoms with Gasteiger partial charge >= 0.3 is 0 Å². The summed E-state index contributed by atoms with van der Waals surface area (Å²) in [6, 6.07) is 4.50. The predicted molar refractivity (Wildman–Crippen MR) is 61.6 cm³/mol. The predicted octanol–water partition coefficient (Wildman–Crippen LogP) is 2.02. The van der Waals surface area contributed by atoms with Gasteiger partial charge in [-0.05, 0) is 32.4 Å². The highest BCUT2D eigenvalue weighted by molar-refractivity contribution is 5.42. The Morgan fingerprint density at radius 2 is 2.12 bits per heavy atom. The van der Waals surface area contributed by atoms with Crippen LogP contribution in [0.1, 0.15) is 19.4 Å². The van der Waals surface area contributed by atoms with Gasteiger partial charge in [0.2, 0.25) is 0 Å². The standard InChI is InChI=1S/C11H16N2O3/c1-8-6-9(13(14)15)4-5-10(8)16-7-11(2,3)12/h4-6H,7,12H2,1-3H3. The van der Waals surface area contributed by atoms with Crippen molar-refractivity contribution < 1.29 is 9.66 Å². The first-order chi connectivity index (χ1) is 7.29. The lowest BCUT2D eigenvalue weighted by Gasteiger charge is -2.19. The Balaban J connectivity index is 2.80. The second-order valence-corrected chi connectivity index (χ2v) is 4.48. The molecule has 0 aliphatic carbocycles. The molecular formula is C11H16N2O3. The van der Waals surface area contributed by atoms with Crippen molar-refractivity contribution in [3.63, 3.8) is 0 Å². The van der Waals surface area contributed by atoms with E-state index in [0.717, 1.165) is 5.56 Å². The van der Waals surface area contributed by atoms with E-state index in [1.807, 2.05) is 13.8 Å². The van der Waals surface area contributed by atoms with E-state index in [2.05, 4.69) is 0 Å². The number of hydrogen-bond acceptors (Lipinski definition) is 4. The summed E-state index contributed by atoms with van der Waals surface area (Å²) in [7, 11) is 0. The van der Waals surface area contributed by atoms with Gasteiger partial charge in [-0.1, -0.05) is 0 Å². The maximum Gasteiger partial charge on any atom is 0.269 e. The van der Waals surface area contributed by atoms with Gasteiger partial charge in [0.1, 0.15) is 12.4 Å². The van der Waals surface area contributed by atoms with Gasteiger partial charge in [-0.3, -0.25) is 10.1 Å². The molecule has 0 aliphatic heterocycles. The van der Waals surface area contributed by atoms with Crippen molar-refractivity contribution in [2.45, 2.75) is 26.3 Å². The third-order valence-corrected chi connectivity index (χ3v) is 1.97. The fourth-order valence-electron chi connectivity index (χ4n) is 1.17. The van der Waals surface area contributed by atoms with Crippen molar-refractivity contribution in [1.29, 1.82) is 0 Å². The van der Waals surface area contributed by atoms with Crippen LogP contribution in [0.5, 0.6) is 5.75 Å². The minimum Gasteiger partial charge on any atom is -0.491 e. The molecular weight excluding hydrogens is 208 g/mol. The number of nitro benzene ring substituents is 1. The minimum absolute atomic E-state index is 0.0665. The van der Waals surface area contributed by atoms with Crippen molar-refractivity contribution >= 4 is 5.69 Å². The fraction of sp³-hybridized carbons (Fsp3) is 0.455. The van der Waals surface area contributed by atoms with Gasteiger partial charge in [0.05, 0.1) is 4.92 Å². The second kappa shape index (κ2) is 4.49. The molecule has 2 N–H and O–H groups in total. The smallest absolute Gasteiger partial charge is 0.269 e. The van der Waals surface area contributed by atoms with E-state index >= 15 is 0 Å². The number of ether oxygens (including phenoxy) is 1. The normalized spacial score (nSPS) is 11.2. The lowest BCUT2D eigenvalue weighted by atomic mass is 10.1. The average Bonchev–Trinajstić information content (AvgIpc) is 2.14. The molecule has 5 heteroatoms. The van der Waals surface area contributed by atoms with Gasteiger partial charge in [0.25, 0.3) is 5.69 Å². The number of benzene rings is 1. The quantitative estimate of drug-likeness (QED) is 0.626. The number of non-ortho nitro benzene ring substituents is 1. The van der Waals surface area contributed by atoms with Crippen LogP contribution in [0.25, 0.3) is 0 Å². The molecule has 88 valence electrons. The highest BCUT2D eigenvalue weighted by Gasteiger charge is 2.14. The highest BCUT2D eigenvalue weighted by atomic mass is 16.6. The summed E-state index contributed by atoms with van der Waals surface area (Å²) >= 11 is 0. The van der Waals surface area contributed by atoms with Gasteiger partial charge < -0.3 is 10.5 Å². The maximum absolute atomic E-state index is 10.5. The second-order valence-electron chi connectivity index (χ2n) is 4.48. The topological polar surface area (TPSA) is 78.4 Å². The van der Waals surface area contributed by atoms with Crippen LogP contribution in [0, 0.1) is 17.0 Å². The van der Waals surface area contributed by atoms with Gasteiger partial charge in [-0.15, -0.1) is 0 Å². The Bertz CT molecular complexity index is 397. The molecule has 16 heavy (non-hydrogen) atoms. The van der Waals surface area contributed by atoms with Crippen LogP contribution in [0.4, 0.5) is 5.69 Å². The van der Waals surface area contributed by atoms with E-state index in [9.17, 15) is 10.1 Å². The molecule has 0 spiro atoms. The van der Waals surface area contributed by atoms with Gasteiger partial charge in [-0.25, -0.2) is 0 Å². The molecule has 0 radical (unpaired) electrons. The van der Waals surface area contributed by atoms with Gasteiger partial charge in [0, 0.05) is 17.7 Å². The fourth-order valence-corrected chi connectivity index (χ4v) is 1.17. The molecule has 0 saturated heterocycles. The van der Waals surface area contributed by atoms with E-state index in [1.165, 1.54) is 12.1 Å². The van der Waals surface area contributed by atoms with E-state index in [1.54, 1.807) is 13.0 Å². The van der Waals surface area contributed by atoms with Crippen LogP contribution >= 0.6 is 0 Å². The first-order valence-corrected chi connectivity index (χ1v) is 4.96. The average molecular weight is 224 g/mol. The molecule has 0 atom stereocenters. The number of nitro groups is 1. The molecule has 0 heterocycles. The lowest BCUT2D eigenvalue weighted by Crippen LogP contribution is -2.38. The number of rotatable bonds is 4. The Labute approximate surface area is 94.4 Å². The van der Waals surface area contributed by atoms with Gasteiger partial charge in [-0.2, -0.15) is 0 Å². The molecule has 0 aliphatic rings. The third kappa shape index (κ3) is 3.51. The summed E-state index contributed by atoms with van der Waals surface area (Å²) in [6.45, 7) is 5.85. The monoisotopic (exact) mass is 224 g/mol. The number of nitrogens with zero attached hydrogens (tertiary/aromatic N) is 1. The lowest BCUT2D eigenvalue weighted by molar-refractivity contribution is -0.384. The molecule has 0 bridgehead atoms. The van der Waals surface area contributed by atoms with Crippen LogP contribution in [0.2, 0.25) is 0 Å². The van der Waals surface area contributed by atoms with Crippen molar-refractivity contribution in [3.05, 3.63) is 33.9 Å². The molecule has 0 amide bonds. The van der Waals surface area contributed by atoms with Crippen molar-refractivity contribution in [3.8, 4) is 5.75 Å². The van der Waals surface area contributed by atoms with Crippen LogP contribution in [-0.4, -0.2) is 17.1 Å². The Kier molecular flexibility index (Phi) is 3.49. The first-order valence-electron chi connectivity index (χ1n) is 4.96. The largest absolute Gasteiger partial charge is 0.491 e. The van der Waals surface area contributed by atoms with E-state index < -0.39 is 10.5 Å². The van der Waals surface area contributed by atoms with Crippen LogP contribution in [0.3, 0.4) is 0 Å². The maximum atomic E-state index is 10.5. The zero-order valence-corrected chi connectivity index (χ0v) is 9.69. The Hall–Kier alpha value is -1.62. The molecule has 1 rings (SSSR count). The third-order valence-electron chi connectivity index (χ3n) is 1.97. The van der Waals surface area contributed by atoms with Crippen LogP contribution in [0.15, 0.2) is 18.2 Å². The zero-order chi connectivity index (χ0) is 12.3. The SMILES string of the molecule is Cc1cc([N+](=O)[O-])ccc1OCC(C)(C)N. The summed E-state index contributed by atoms with van der Waals surface area (Å²) in [5.41, 5.74) is 6.16. The zero-order valence-electron chi connectivity index (χ0n) is 9.69. The van der Waals surface area contributed by atoms with E-state index in [0.29, 0.717) is 12.4 Å². The molecule has 0 saturated carbocycles. The van der Waals surface area contributed by atoms with Crippen molar-refractivity contribution in [1.82, 2.24) is 0 Å². The molecule has 1 aromatic rings. The molecule has 0 fully saturated rings. The molecule has 5 nitrogen and oxygen atoms in total.